The predicted molar refractivity (Wildman–Crippen MR) is 50.9 cm³/mol. The van der Waals surface area contributed by atoms with Crippen LogP contribution in [0, 0.1) is 0 Å². The molecule has 0 aromatic heterocycles. The molecule has 11 heavy (non-hydrogen) atoms. The molecule has 66 valence electrons. The van der Waals surface area contributed by atoms with Crippen molar-refractivity contribution in [2.24, 2.45) is 0 Å². The summed E-state index contributed by atoms with van der Waals surface area (Å²) in [6.45, 7) is 5.41. The Labute approximate surface area is 70.3 Å². The van der Waals surface area contributed by atoms with Gasteiger partial charge in [-0.05, 0) is 40.5 Å². The molecule has 2 heteroatoms. The first-order chi connectivity index (χ1) is 5.31. The van der Waals surface area contributed by atoms with Crippen molar-refractivity contribution in [2.75, 3.05) is 33.7 Å². The lowest BCUT2D eigenvalue weighted by Gasteiger charge is -2.13. The molecule has 0 spiro atoms. The number of nitrogens with one attached hydrogen (secondary N) is 1. The molecule has 2 nitrogen and oxygen atoms in total. The summed E-state index contributed by atoms with van der Waals surface area (Å²) in [5.41, 5.74) is 0. The number of hydrogen-bond acceptors (Lipinski definition) is 2. The fourth-order valence-electron chi connectivity index (χ4n) is 0.902. The third-order valence-electron chi connectivity index (χ3n) is 1.62. The summed E-state index contributed by atoms with van der Waals surface area (Å²) >= 11 is 0. The molecule has 0 rings (SSSR count). The van der Waals surface area contributed by atoms with E-state index in [4.69, 9.17) is 0 Å². The van der Waals surface area contributed by atoms with Crippen molar-refractivity contribution >= 4 is 0 Å². The second-order valence-corrected chi connectivity index (χ2v) is 2.79. The molecule has 0 saturated carbocycles. The molecule has 0 radical (unpaired) electrons. The summed E-state index contributed by atoms with van der Waals surface area (Å²) in [5.74, 6) is 0. The highest BCUT2D eigenvalue weighted by molar-refractivity contribution is 4.79. The molecular formula is C9H20N2. The first kappa shape index (κ1) is 10.7. The second kappa shape index (κ2) is 7.76. The van der Waals surface area contributed by atoms with E-state index in [1.165, 1.54) is 13.0 Å². The summed E-state index contributed by atoms with van der Waals surface area (Å²) in [4.78, 5) is 2.32. The van der Waals surface area contributed by atoms with Crippen molar-refractivity contribution in [3.8, 4) is 0 Å². The quantitative estimate of drug-likeness (QED) is 0.458. The molecule has 0 heterocycles. The van der Waals surface area contributed by atoms with Crippen LogP contribution in [-0.2, 0) is 0 Å². The Morgan fingerprint density at radius 1 is 1.45 bits per heavy atom. The third kappa shape index (κ3) is 7.56. The van der Waals surface area contributed by atoms with E-state index in [-0.39, 0.29) is 0 Å². The molecule has 0 aromatic carbocycles. The smallest absolute Gasteiger partial charge is 0.0160 e. The van der Waals surface area contributed by atoms with Gasteiger partial charge in [0.2, 0.25) is 0 Å². The second-order valence-electron chi connectivity index (χ2n) is 2.79. The van der Waals surface area contributed by atoms with Gasteiger partial charge in [0.15, 0.2) is 0 Å². The van der Waals surface area contributed by atoms with Crippen LogP contribution in [-0.4, -0.2) is 38.6 Å². The molecule has 0 aliphatic heterocycles. The molecule has 0 unspecified atom stereocenters. The van der Waals surface area contributed by atoms with Gasteiger partial charge >= 0.3 is 0 Å². The van der Waals surface area contributed by atoms with Crippen molar-refractivity contribution in [2.45, 2.75) is 13.3 Å². The van der Waals surface area contributed by atoms with Crippen LogP contribution in [0.25, 0.3) is 0 Å². The SMILES string of the molecule is CC=CCN(C)CCCNC. The number of hydrogen-bond donors (Lipinski definition) is 1. The Bertz CT molecular complexity index is 99.7. The van der Waals surface area contributed by atoms with E-state index in [0.29, 0.717) is 0 Å². The summed E-state index contributed by atoms with van der Waals surface area (Å²) in [7, 11) is 4.14. The van der Waals surface area contributed by atoms with E-state index in [9.17, 15) is 0 Å². The minimum atomic E-state index is 1.07. The van der Waals surface area contributed by atoms with Gasteiger partial charge in [-0.3, -0.25) is 0 Å². The van der Waals surface area contributed by atoms with Crippen LogP contribution < -0.4 is 5.32 Å². The lowest BCUT2D eigenvalue weighted by Crippen LogP contribution is -2.22. The van der Waals surface area contributed by atoms with Crippen molar-refractivity contribution in [1.82, 2.24) is 10.2 Å². The van der Waals surface area contributed by atoms with Gasteiger partial charge in [-0.15, -0.1) is 0 Å². The minimum Gasteiger partial charge on any atom is -0.320 e. The lowest BCUT2D eigenvalue weighted by molar-refractivity contribution is 0.362. The van der Waals surface area contributed by atoms with E-state index in [0.717, 1.165) is 13.1 Å². The van der Waals surface area contributed by atoms with E-state index in [1.54, 1.807) is 0 Å². The molecule has 0 aliphatic rings. The highest BCUT2D eigenvalue weighted by Gasteiger charge is 1.92. The normalized spacial score (nSPS) is 11.6. The Morgan fingerprint density at radius 2 is 2.18 bits per heavy atom. The molecule has 0 aromatic rings. The zero-order valence-corrected chi connectivity index (χ0v) is 7.93. The van der Waals surface area contributed by atoms with Crippen molar-refractivity contribution in [1.29, 1.82) is 0 Å². The maximum atomic E-state index is 3.13. The van der Waals surface area contributed by atoms with Crippen LogP contribution >= 0.6 is 0 Å². The van der Waals surface area contributed by atoms with Gasteiger partial charge in [0, 0.05) is 6.54 Å². The summed E-state index contributed by atoms with van der Waals surface area (Å²) in [6.07, 6.45) is 5.50. The highest BCUT2D eigenvalue weighted by Crippen LogP contribution is 1.86. The number of likely N-dealkylation sites (N-methyl/N-ethyl adjacent to an activating group) is 1. The molecule has 0 saturated heterocycles. The molecule has 0 amide bonds. The third-order valence-corrected chi connectivity index (χ3v) is 1.62. The van der Waals surface area contributed by atoms with E-state index < -0.39 is 0 Å². The minimum absolute atomic E-state index is 1.07. The number of allylic oxidation sites excluding steroid dienone is 1. The molecule has 0 bridgehead atoms. The van der Waals surface area contributed by atoms with E-state index in [2.05, 4.69) is 36.3 Å². The first-order valence-electron chi connectivity index (χ1n) is 4.25. The van der Waals surface area contributed by atoms with Gasteiger partial charge in [-0.1, -0.05) is 12.2 Å². The first-order valence-corrected chi connectivity index (χ1v) is 4.25. The van der Waals surface area contributed by atoms with Gasteiger partial charge in [-0.25, -0.2) is 0 Å². The molecule has 1 N–H and O–H groups in total. The zero-order valence-electron chi connectivity index (χ0n) is 7.93. The Morgan fingerprint density at radius 3 is 2.73 bits per heavy atom. The van der Waals surface area contributed by atoms with Crippen LogP contribution in [0.15, 0.2) is 12.2 Å². The Balaban J connectivity index is 3.15. The van der Waals surface area contributed by atoms with Gasteiger partial charge in [0.25, 0.3) is 0 Å². The number of rotatable bonds is 6. The molecular weight excluding hydrogens is 136 g/mol. The summed E-state index contributed by atoms with van der Waals surface area (Å²) in [6, 6.07) is 0. The van der Waals surface area contributed by atoms with Gasteiger partial charge in [0.1, 0.15) is 0 Å². The van der Waals surface area contributed by atoms with Crippen molar-refractivity contribution in [3.63, 3.8) is 0 Å². The van der Waals surface area contributed by atoms with Gasteiger partial charge in [0.05, 0.1) is 0 Å². The maximum absolute atomic E-state index is 3.13. The summed E-state index contributed by atoms with van der Waals surface area (Å²) in [5, 5.41) is 3.13. The topological polar surface area (TPSA) is 15.3 Å². The van der Waals surface area contributed by atoms with E-state index in [1.807, 2.05) is 7.05 Å². The predicted octanol–water partition coefficient (Wildman–Crippen LogP) is 1.10. The fraction of sp³-hybridized carbons (Fsp3) is 0.778. The zero-order chi connectivity index (χ0) is 8.53. The van der Waals surface area contributed by atoms with Crippen molar-refractivity contribution < 1.29 is 0 Å². The van der Waals surface area contributed by atoms with Crippen LogP contribution in [0.1, 0.15) is 13.3 Å². The van der Waals surface area contributed by atoms with Crippen LogP contribution in [0.3, 0.4) is 0 Å². The van der Waals surface area contributed by atoms with Gasteiger partial charge < -0.3 is 10.2 Å². The molecule has 0 atom stereocenters. The fourth-order valence-corrected chi connectivity index (χ4v) is 0.902. The standard InChI is InChI=1S/C9H20N2/c1-4-5-8-11(3)9-6-7-10-2/h4-5,10H,6-9H2,1-3H3. The Kier molecular flexibility index (Phi) is 7.52. The maximum Gasteiger partial charge on any atom is 0.0160 e. The monoisotopic (exact) mass is 156 g/mol. The highest BCUT2D eigenvalue weighted by atomic mass is 15.1. The molecule has 0 aliphatic carbocycles. The molecule has 0 fully saturated rings. The van der Waals surface area contributed by atoms with E-state index >= 15 is 0 Å². The lowest BCUT2D eigenvalue weighted by atomic mass is 10.4. The Hall–Kier alpha value is -0.340. The van der Waals surface area contributed by atoms with Crippen molar-refractivity contribution in [3.05, 3.63) is 12.2 Å². The van der Waals surface area contributed by atoms with Crippen LogP contribution in [0.5, 0.6) is 0 Å². The largest absolute Gasteiger partial charge is 0.320 e. The summed E-state index contributed by atoms with van der Waals surface area (Å²) < 4.78 is 0. The average molecular weight is 156 g/mol. The van der Waals surface area contributed by atoms with Crippen LogP contribution in [0.2, 0.25) is 0 Å². The number of nitrogens with zero attached hydrogens (tertiary/aromatic N) is 1. The van der Waals surface area contributed by atoms with Gasteiger partial charge in [-0.2, -0.15) is 0 Å². The van der Waals surface area contributed by atoms with Crippen LogP contribution in [0.4, 0.5) is 0 Å². The average Bonchev–Trinajstić information content (AvgIpc) is 2.01.